The number of carboxylic acid groups (broad SMARTS) is 1. The van der Waals surface area contributed by atoms with Gasteiger partial charge in [0.05, 0.1) is 0 Å². The topological polar surface area (TPSA) is 66.8 Å². The molecule has 4 nitrogen and oxygen atoms in total. The maximum Gasteiger partial charge on any atom is 0.336 e. The number of aliphatic hydroxyl groups is 1. The molecule has 0 aliphatic heterocycles. The Labute approximate surface area is 197 Å². The maximum atomic E-state index is 11.6. The third-order valence-corrected chi connectivity index (χ3v) is 11.5. The van der Waals surface area contributed by atoms with E-state index in [1.165, 1.54) is 44.9 Å². The molecule has 1 aromatic rings. The van der Waals surface area contributed by atoms with Crippen LogP contribution in [0.3, 0.4) is 0 Å². The zero-order valence-electron chi connectivity index (χ0n) is 21.3. The molecule has 5 heteroatoms. The number of rotatable bonds is 17. The van der Waals surface area contributed by atoms with E-state index in [0.29, 0.717) is 11.5 Å². The fraction of sp³-hybridized carbons (Fsp3) is 0.741. The molecular formula is C27H48O4Si. The molecule has 32 heavy (non-hydrogen) atoms. The summed E-state index contributed by atoms with van der Waals surface area (Å²) in [5.74, 6) is -1.11. The first-order chi connectivity index (χ1) is 15.0. The monoisotopic (exact) mass is 464 g/mol. The molecule has 2 N–H and O–H groups in total. The SMILES string of the molecule is CC(C)(C)[Si](C)(C)OCCCCCCCCCCCC[C@](O)(Cc1ccccc1)C(=O)O. The van der Waals surface area contributed by atoms with Crippen LogP contribution in [0.1, 0.15) is 97.0 Å². The van der Waals surface area contributed by atoms with Crippen LogP contribution in [0.15, 0.2) is 30.3 Å². The van der Waals surface area contributed by atoms with E-state index in [4.69, 9.17) is 4.43 Å². The molecule has 0 spiro atoms. The van der Waals surface area contributed by atoms with Gasteiger partial charge in [0.25, 0.3) is 0 Å². The summed E-state index contributed by atoms with van der Waals surface area (Å²) >= 11 is 0. The van der Waals surface area contributed by atoms with Crippen LogP contribution in [-0.4, -0.2) is 36.7 Å². The number of carbonyl (C=O) groups is 1. The lowest BCUT2D eigenvalue weighted by atomic mass is 9.89. The van der Waals surface area contributed by atoms with Crippen molar-refractivity contribution in [2.75, 3.05) is 6.61 Å². The Morgan fingerprint density at radius 2 is 1.31 bits per heavy atom. The van der Waals surface area contributed by atoms with Gasteiger partial charge >= 0.3 is 5.97 Å². The van der Waals surface area contributed by atoms with Gasteiger partial charge in [0.2, 0.25) is 0 Å². The van der Waals surface area contributed by atoms with Crippen LogP contribution in [0, 0.1) is 0 Å². The second kappa shape index (κ2) is 14.2. The van der Waals surface area contributed by atoms with E-state index in [1.54, 1.807) is 0 Å². The third kappa shape index (κ3) is 11.1. The Morgan fingerprint density at radius 3 is 1.78 bits per heavy atom. The van der Waals surface area contributed by atoms with Crippen molar-refractivity contribution < 1.29 is 19.4 Å². The van der Waals surface area contributed by atoms with Crippen LogP contribution in [0.25, 0.3) is 0 Å². The number of benzene rings is 1. The Morgan fingerprint density at radius 1 is 0.844 bits per heavy atom. The highest BCUT2D eigenvalue weighted by Gasteiger charge is 2.37. The lowest BCUT2D eigenvalue weighted by Gasteiger charge is -2.36. The summed E-state index contributed by atoms with van der Waals surface area (Å²) in [5, 5.41) is 20.4. The van der Waals surface area contributed by atoms with Crippen molar-refractivity contribution in [3.8, 4) is 0 Å². The Hall–Kier alpha value is -1.17. The lowest BCUT2D eigenvalue weighted by molar-refractivity contribution is -0.159. The molecule has 0 aliphatic carbocycles. The van der Waals surface area contributed by atoms with E-state index in [0.717, 1.165) is 31.4 Å². The summed E-state index contributed by atoms with van der Waals surface area (Å²) in [4.78, 5) is 11.6. The molecule has 0 aromatic heterocycles. The molecule has 0 saturated heterocycles. The Kier molecular flexibility index (Phi) is 12.8. The average Bonchev–Trinajstić information content (AvgIpc) is 2.71. The van der Waals surface area contributed by atoms with Crippen LogP contribution >= 0.6 is 0 Å². The molecule has 0 aliphatic rings. The predicted octanol–water partition coefficient (Wildman–Crippen LogP) is 7.36. The molecule has 1 aromatic carbocycles. The highest BCUT2D eigenvalue weighted by atomic mass is 28.4. The van der Waals surface area contributed by atoms with Gasteiger partial charge in [0.1, 0.15) is 0 Å². The second-order valence-corrected chi connectivity index (χ2v) is 15.7. The maximum absolute atomic E-state index is 11.6. The van der Waals surface area contributed by atoms with Gasteiger partial charge in [-0.15, -0.1) is 0 Å². The van der Waals surface area contributed by atoms with E-state index >= 15 is 0 Å². The van der Waals surface area contributed by atoms with Crippen molar-refractivity contribution in [2.24, 2.45) is 0 Å². The van der Waals surface area contributed by atoms with Crippen molar-refractivity contribution in [1.82, 2.24) is 0 Å². The molecule has 0 unspecified atom stereocenters. The van der Waals surface area contributed by atoms with Crippen LogP contribution in [-0.2, 0) is 15.6 Å². The molecular weight excluding hydrogens is 416 g/mol. The van der Waals surface area contributed by atoms with Gasteiger partial charge in [0.15, 0.2) is 13.9 Å². The van der Waals surface area contributed by atoms with Crippen LogP contribution in [0.2, 0.25) is 18.1 Å². The molecule has 0 bridgehead atoms. The number of unbranched alkanes of at least 4 members (excludes halogenated alkanes) is 9. The highest BCUT2D eigenvalue weighted by Crippen LogP contribution is 2.36. The Bertz CT molecular complexity index is 639. The van der Waals surface area contributed by atoms with E-state index in [9.17, 15) is 15.0 Å². The van der Waals surface area contributed by atoms with Crippen LogP contribution in [0.4, 0.5) is 0 Å². The van der Waals surface area contributed by atoms with Gasteiger partial charge < -0.3 is 14.6 Å². The number of hydrogen-bond donors (Lipinski definition) is 2. The lowest BCUT2D eigenvalue weighted by Crippen LogP contribution is -2.40. The summed E-state index contributed by atoms with van der Waals surface area (Å²) in [6, 6.07) is 9.39. The van der Waals surface area contributed by atoms with Gasteiger partial charge in [-0.05, 0) is 43.0 Å². The molecule has 184 valence electrons. The number of hydrogen-bond acceptors (Lipinski definition) is 3. The van der Waals surface area contributed by atoms with Gasteiger partial charge in [-0.2, -0.15) is 0 Å². The first kappa shape index (κ1) is 28.9. The van der Waals surface area contributed by atoms with Gasteiger partial charge in [-0.3, -0.25) is 0 Å². The summed E-state index contributed by atoms with van der Waals surface area (Å²) < 4.78 is 6.23. The van der Waals surface area contributed by atoms with Gasteiger partial charge in [0, 0.05) is 13.0 Å². The van der Waals surface area contributed by atoms with Gasteiger partial charge in [-0.1, -0.05) is 102 Å². The molecule has 0 fully saturated rings. The molecule has 0 radical (unpaired) electrons. The van der Waals surface area contributed by atoms with Crippen molar-refractivity contribution in [3.63, 3.8) is 0 Å². The molecule has 1 atom stereocenters. The minimum absolute atomic E-state index is 0.171. The van der Waals surface area contributed by atoms with E-state index < -0.39 is 19.9 Å². The average molecular weight is 465 g/mol. The van der Waals surface area contributed by atoms with E-state index in [2.05, 4.69) is 33.9 Å². The molecule has 0 saturated carbocycles. The molecule has 1 rings (SSSR count). The van der Waals surface area contributed by atoms with Gasteiger partial charge in [-0.25, -0.2) is 4.79 Å². The molecule has 0 amide bonds. The third-order valence-electron chi connectivity index (χ3n) is 6.99. The largest absolute Gasteiger partial charge is 0.479 e. The first-order valence-corrected chi connectivity index (χ1v) is 15.5. The smallest absolute Gasteiger partial charge is 0.336 e. The second-order valence-electron chi connectivity index (χ2n) is 10.9. The Balaban J connectivity index is 2.04. The molecule has 0 heterocycles. The fourth-order valence-corrected chi connectivity index (χ4v) is 4.77. The number of aliphatic carboxylic acids is 1. The van der Waals surface area contributed by atoms with Crippen molar-refractivity contribution >= 4 is 14.3 Å². The summed E-state index contributed by atoms with van der Waals surface area (Å²) in [6.07, 6.45) is 12.0. The number of carboxylic acids is 1. The zero-order chi connectivity index (χ0) is 24.1. The highest BCUT2D eigenvalue weighted by molar-refractivity contribution is 6.74. The normalized spacial score (nSPS) is 14.3. The van der Waals surface area contributed by atoms with Crippen molar-refractivity contribution in [1.29, 1.82) is 0 Å². The standard InChI is InChI=1S/C27H48O4Si/c1-26(2,3)32(4,5)31-22-18-13-11-9-7-6-8-10-12-17-21-27(30,25(28)29)23-24-19-15-14-16-20-24/h14-16,19-20,30H,6-13,17-18,21-23H2,1-5H3,(H,28,29)/t27-/m0/s1. The minimum Gasteiger partial charge on any atom is -0.479 e. The summed E-state index contributed by atoms with van der Waals surface area (Å²) in [7, 11) is -1.59. The predicted molar refractivity (Wildman–Crippen MR) is 137 cm³/mol. The van der Waals surface area contributed by atoms with E-state index in [1.807, 2.05) is 30.3 Å². The first-order valence-electron chi connectivity index (χ1n) is 12.6. The summed E-state index contributed by atoms with van der Waals surface area (Å²) in [6.45, 7) is 12.4. The quantitative estimate of drug-likeness (QED) is 0.187. The zero-order valence-corrected chi connectivity index (χ0v) is 22.3. The van der Waals surface area contributed by atoms with Crippen LogP contribution < -0.4 is 0 Å². The van der Waals surface area contributed by atoms with Crippen molar-refractivity contribution in [3.05, 3.63) is 35.9 Å². The fourth-order valence-electron chi connectivity index (χ4n) is 3.68. The van der Waals surface area contributed by atoms with E-state index in [-0.39, 0.29) is 6.42 Å². The van der Waals surface area contributed by atoms with Crippen LogP contribution in [0.5, 0.6) is 0 Å². The van der Waals surface area contributed by atoms with Crippen molar-refractivity contribution in [2.45, 2.75) is 122 Å². The summed E-state index contributed by atoms with van der Waals surface area (Å²) in [5.41, 5.74) is -0.792. The minimum atomic E-state index is -1.66.